The van der Waals surface area contributed by atoms with Crippen LogP contribution in [0.25, 0.3) is 0 Å². The van der Waals surface area contributed by atoms with Crippen molar-refractivity contribution >= 4 is 0 Å². The van der Waals surface area contributed by atoms with E-state index in [-0.39, 0.29) is 11.1 Å². The summed E-state index contributed by atoms with van der Waals surface area (Å²) in [6, 6.07) is 4.69. The number of benzene rings is 2. The van der Waals surface area contributed by atoms with Gasteiger partial charge >= 0.3 is 0 Å². The van der Waals surface area contributed by atoms with Crippen LogP contribution in [0.3, 0.4) is 0 Å². The maximum absolute atomic E-state index is 14.0. The largest absolute Gasteiger partial charge is 0.494 e. The number of ether oxygens (including phenoxy) is 1. The van der Waals surface area contributed by atoms with Crippen LogP contribution in [-0.4, -0.2) is 6.61 Å². The zero-order chi connectivity index (χ0) is 20.0. The Hall–Kier alpha value is -2.41. The molecular weight excluding hydrogens is 349 g/mol. The maximum atomic E-state index is 14.0. The molecule has 144 valence electrons. The monoisotopic (exact) mass is 374 g/mol. The average Bonchev–Trinajstić information content (AvgIpc) is 2.63. The Labute approximate surface area is 159 Å². The summed E-state index contributed by atoms with van der Waals surface area (Å²) in [5.41, 5.74) is 1.82. The zero-order valence-electron chi connectivity index (χ0n) is 16.3. The molecule has 0 bridgehead atoms. The first kappa shape index (κ1) is 20.9. The lowest BCUT2D eigenvalue weighted by atomic mass is 10.0. The fourth-order valence-corrected chi connectivity index (χ4v) is 2.83. The summed E-state index contributed by atoms with van der Waals surface area (Å²) in [4.78, 5) is 0. The Kier molecular flexibility index (Phi) is 7.36. The van der Waals surface area contributed by atoms with Crippen LogP contribution >= 0.6 is 0 Å². The number of aryl methyl sites for hydroxylation is 2. The second-order valence-electron chi connectivity index (χ2n) is 6.75. The smallest absolute Gasteiger partial charge is 0.174 e. The molecule has 0 saturated heterocycles. The van der Waals surface area contributed by atoms with Crippen molar-refractivity contribution in [3.05, 3.63) is 63.5 Å². The number of halogens is 3. The van der Waals surface area contributed by atoms with Crippen molar-refractivity contribution in [2.45, 2.75) is 53.4 Å². The maximum Gasteiger partial charge on any atom is 0.174 e. The van der Waals surface area contributed by atoms with Gasteiger partial charge in [0, 0.05) is 11.1 Å². The van der Waals surface area contributed by atoms with E-state index in [1.54, 1.807) is 0 Å². The number of hydrogen-bond acceptors (Lipinski definition) is 1. The van der Waals surface area contributed by atoms with E-state index >= 15 is 0 Å². The lowest BCUT2D eigenvalue weighted by Crippen LogP contribution is -2.00. The van der Waals surface area contributed by atoms with E-state index in [9.17, 15) is 13.2 Å². The summed E-state index contributed by atoms with van der Waals surface area (Å²) >= 11 is 0. The van der Waals surface area contributed by atoms with Gasteiger partial charge in [-0.15, -0.1) is 0 Å². The molecule has 0 aliphatic carbocycles. The zero-order valence-corrected chi connectivity index (χ0v) is 16.3. The molecule has 2 aromatic carbocycles. The number of rotatable bonds is 6. The summed E-state index contributed by atoms with van der Waals surface area (Å²) in [5.74, 6) is 3.05. The van der Waals surface area contributed by atoms with Gasteiger partial charge < -0.3 is 4.74 Å². The second kappa shape index (κ2) is 9.50. The van der Waals surface area contributed by atoms with Crippen LogP contribution in [0.5, 0.6) is 5.75 Å². The lowest BCUT2D eigenvalue weighted by molar-refractivity contribution is 0.304. The van der Waals surface area contributed by atoms with Gasteiger partial charge in [-0.25, -0.2) is 13.2 Å². The molecule has 0 radical (unpaired) electrons. The summed E-state index contributed by atoms with van der Waals surface area (Å²) in [5, 5.41) is 0. The van der Waals surface area contributed by atoms with E-state index < -0.39 is 17.5 Å². The SMILES string of the molecule is CCCCCCOc1cc(C)c(C#Cc2cc(F)c(C)c(F)c2F)c(C)c1. The molecule has 27 heavy (non-hydrogen) atoms. The third-order valence-electron chi connectivity index (χ3n) is 4.48. The van der Waals surface area contributed by atoms with E-state index in [1.807, 2.05) is 26.0 Å². The van der Waals surface area contributed by atoms with Crippen molar-refractivity contribution in [1.82, 2.24) is 0 Å². The first-order valence-corrected chi connectivity index (χ1v) is 9.25. The first-order valence-electron chi connectivity index (χ1n) is 9.25. The summed E-state index contributed by atoms with van der Waals surface area (Å²) in [7, 11) is 0. The summed E-state index contributed by atoms with van der Waals surface area (Å²) in [6.07, 6.45) is 4.54. The van der Waals surface area contributed by atoms with E-state index in [4.69, 9.17) is 4.74 Å². The van der Waals surface area contributed by atoms with Crippen LogP contribution in [0.2, 0.25) is 0 Å². The molecule has 0 spiro atoms. The lowest BCUT2D eigenvalue weighted by Gasteiger charge is -2.10. The summed E-state index contributed by atoms with van der Waals surface area (Å²) in [6.45, 7) is 7.79. The van der Waals surface area contributed by atoms with Gasteiger partial charge in [0.1, 0.15) is 11.6 Å². The third kappa shape index (κ3) is 5.29. The normalized spacial score (nSPS) is 10.5. The second-order valence-corrected chi connectivity index (χ2v) is 6.75. The van der Waals surface area contributed by atoms with Gasteiger partial charge in [0.15, 0.2) is 11.6 Å². The Morgan fingerprint density at radius 3 is 2.15 bits per heavy atom. The molecule has 0 aromatic heterocycles. The Balaban J connectivity index is 2.21. The number of hydrogen-bond donors (Lipinski definition) is 0. The molecule has 4 heteroatoms. The Bertz CT molecular complexity index is 852. The van der Waals surface area contributed by atoms with Crippen molar-refractivity contribution in [1.29, 1.82) is 0 Å². The molecule has 0 saturated carbocycles. The Morgan fingerprint density at radius 2 is 1.52 bits per heavy atom. The van der Waals surface area contributed by atoms with Crippen molar-refractivity contribution < 1.29 is 17.9 Å². The molecule has 2 rings (SSSR count). The van der Waals surface area contributed by atoms with Gasteiger partial charge in [-0.05, 0) is 56.5 Å². The first-order chi connectivity index (χ1) is 12.8. The van der Waals surface area contributed by atoms with Crippen LogP contribution in [0.1, 0.15) is 60.4 Å². The molecule has 2 aromatic rings. The molecule has 0 unspecified atom stereocenters. The van der Waals surface area contributed by atoms with Crippen LogP contribution in [0.4, 0.5) is 13.2 Å². The van der Waals surface area contributed by atoms with Crippen LogP contribution in [0.15, 0.2) is 18.2 Å². The van der Waals surface area contributed by atoms with Gasteiger partial charge in [0.05, 0.1) is 12.2 Å². The van der Waals surface area contributed by atoms with Crippen LogP contribution < -0.4 is 4.74 Å². The van der Waals surface area contributed by atoms with Crippen LogP contribution in [-0.2, 0) is 0 Å². The standard InChI is InChI=1S/C23H25F3O/c1-5-6-7-8-11-27-19-12-15(2)20(16(3)13-19)10-9-18-14-21(24)17(4)22(25)23(18)26/h12-14H,5-8,11H2,1-4H3. The third-order valence-corrected chi connectivity index (χ3v) is 4.48. The van der Waals surface area contributed by atoms with Crippen LogP contribution in [0, 0.1) is 50.1 Å². The molecule has 0 aliphatic rings. The van der Waals surface area contributed by atoms with E-state index in [0.717, 1.165) is 35.8 Å². The van der Waals surface area contributed by atoms with Gasteiger partial charge in [-0.2, -0.15) is 0 Å². The molecule has 0 atom stereocenters. The number of unbranched alkanes of at least 4 members (excludes halogenated alkanes) is 3. The van der Waals surface area contributed by atoms with Gasteiger partial charge in [0.2, 0.25) is 0 Å². The minimum absolute atomic E-state index is 0.286. The van der Waals surface area contributed by atoms with Crippen molar-refractivity contribution in [2.75, 3.05) is 6.61 Å². The van der Waals surface area contributed by atoms with Crippen molar-refractivity contribution in [3.63, 3.8) is 0 Å². The highest BCUT2D eigenvalue weighted by atomic mass is 19.2. The predicted octanol–water partition coefficient (Wildman–Crippen LogP) is 6.39. The molecule has 0 heterocycles. The molecule has 0 N–H and O–H groups in total. The quantitative estimate of drug-likeness (QED) is 0.323. The van der Waals surface area contributed by atoms with Crippen molar-refractivity contribution in [2.24, 2.45) is 0 Å². The summed E-state index contributed by atoms with van der Waals surface area (Å²) < 4.78 is 47.1. The van der Waals surface area contributed by atoms with Gasteiger partial charge in [-0.1, -0.05) is 38.0 Å². The van der Waals surface area contributed by atoms with Gasteiger partial charge in [-0.3, -0.25) is 0 Å². The van der Waals surface area contributed by atoms with E-state index in [1.165, 1.54) is 19.8 Å². The highest BCUT2D eigenvalue weighted by Gasteiger charge is 2.14. The minimum atomic E-state index is -1.19. The molecule has 0 aliphatic heterocycles. The fraction of sp³-hybridized carbons (Fsp3) is 0.391. The molecule has 0 fully saturated rings. The van der Waals surface area contributed by atoms with Crippen molar-refractivity contribution in [3.8, 4) is 17.6 Å². The molecule has 0 amide bonds. The minimum Gasteiger partial charge on any atom is -0.494 e. The topological polar surface area (TPSA) is 9.23 Å². The highest BCUT2D eigenvalue weighted by Crippen LogP contribution is 2.23. The van der Waals surface area contributed by atoms with E-state index in [0.29, 0.717) is 12.2 Å². The average molecular weight is 374 g/mol. The highest BCUT2D eigenvalue weighted by molar-refractivity contribution is 5.53. The fourth-order valence-electron chi connectivity index (χ4n) is 2.83. The Morgan fingerprint density at radius 1 is 0.852 bits per heavy atom. The predicted molar refractivity (Wildman–Crippen MR) is 103 cm³/mol. The molecular formula is C23H25F3O. The van der Waals surface area contributed by atoms with E-state index in [2.05, 4.69) is 18.8 Å². The van der Waals surface area contributed by atoms with Gasteiger partial charge in [0.25, 0.3) is 0 Å². The molecule has 1 nitrogen and oxygen atoms in total.